The first-order valence-electron chi connectivity index (χ1n) is 7.21. The maximum Gasteiger partial charge on any atom is 0.237 e. The van der Waals surface area contributed by atoms with Crippen molar-refractivity contribution in [2.24, 2.45) is 0 Å². The predicted octanol–water partition coefficient (Wildman–Crippen LogP) is 3.62. The Labute approximate surface area is 148 Å². The highest BCUT2D eigenvalue weighted by Gasteiger charge is 2.24. The smallest absolute Gasteiger partial charge is 0.237 e. The zero-order valence-corrected chi connectivity index (χ0v) is 16.2. The highest BCUT2D eigenvalue weighted by Crippen LogP contribution is 2.27. The number of nitrogens with one attached hydrogen (secondary N) is 1. The number of hydrogen-bond donors (Lipinski definition) is 1. The minimum absolute atomic E-state index is 0.0944. The molecule has 1 heterocycles. The van der Waals surface area contributed by atoms with E-state index in [-0.39, 0.29) is 16.7 Å². The normalized spacial score (nSPS) is 13.0. The third-order valence-corrected chi connectivity index (χ3v) is 4.80. The minimum atomic E-state index is -0.324. The van der Waals surface area contributed by atoms with Gasteiger partial charge in [-0.2, -0.15) is 0 Å². The Morgan fingerprint density at radius 3 is 2.70 bits per heavy atom. The molecule has 23 heavy (non-hydrogen) atoms. The van der Waals surface area contributed by atoms with E-state index in [0.717, 1.165) is 15.7 Å². The number of halogens is 1. The van der Waals surface area contributed by atoms with Gasteiger partial charge in [0.05, 0.1) is 16.5 Å². The maximum absolute atomic E-state index is 12.4. The number of benzene rings is 1. The van der Waals surface area contributed by atoms with Crippen LogP contribution in [-0.4, -0.2) is 31.4 Å². The molecule has 124 valence electrons. The van der Waals surface area contributed by atoms with Crippen molar-refractivity contribution in [1.29, 1.82) is 0 Å². The molecule has 2 aromatic rings. The average molecular weight is 398 g/mol. The molecule has 0 radical (unpaired) electrons. The molecule has 1 unspecified atom stereocenters. The number of anilines is 1. The highest BCUT2D eigenvalue weighted by atomic mass is 79.9. The van der Waals surface area contributed by atoms with Gasteiger partial charge < -0.3 is 5.32 Å². The number of aromatic nitrogens is 4. The van der Waals surface area contributed by atoms with Gasteiger partial charge in [-0.05, 0) is 78.7 Å². The predicted molar refractivity (Wildman–Crippen MR) is 95.6 cm³/mol. The summed E-state index contributed by atoms with van der Waals surface area (Å²) in [7, 11) is 0. The molecule has 0 aliphatic rings. The van der Waals surface area contributed by atoms with Crippen LogP contribution in [0, 0.1) is 6.92 Å². The second-order valence-electron chi connectivity index (χ2n) is 6.28. The van der Waals surface area contributed by atoms with Crippen LogP contribution in [0.15, 0.2) is 27.8 Å². The fourth-order valence-corrected chi connectivity index (χ4v) is 3.41. The Balaban J connectivity index is 2.08. The summed E-state index contributed by atoms with van der Waals surface area (Å²) >= 11 is 4.80. The summed E-state index contributed by atoms with van der Waals surface area (Å²) in [5.41, 5.74) is 1.65. The molecule has 0 bridgehead atoms. The number of rotatable bonds is 4. The largest absolute Gasteiger partial charge is 0.324 e. The summed E-state index contributed by atoms with van der Waals surface area (Å²) in [6, 6.07) is 5.81. The van der Waals surface area contributed by atoms with Crippen molar-refractivity contribution >= 4 is 39.3 Å². The van der Waals surface area contributed by atoms with Crippen molar-refractivity contribution in [2.75, 3.05) is 5.32 Å². The monoisotopic (exact) mass is 397 g/mol. The molecule has 0 saturated carbocycles. The molecule has 1 atom stereocenters. The lowest BCUT2D eigenvalue weighted by Gasteiger charge is -2.20. The van der Waals surface area contributed by atoms with Crippen molar-refractivity contribution in [1.82, 2.24) is 20.2 Å². The molecule has 0 fully saturated rings. The Morgan fingerprint density at radius 2 is 2.09 bits per heavy atom. The second kappa shape index (κ2) is 7.00. The van der Waals surface area contributed by atoms with Crippen LogP contribution < -0.4 is 5.32 Å². The number of tetrazole rings is 1. The van der Waals surface area contributed by atoms with Gasteiger partial charge in [0, 0.05) is 4.47 Å². The van der Waals surface area contributed by atoms with Gasteiger partial charge in [-0.25, -0.2) is 4.68 Å². The summed E-state index contributed by atoms with van der Waals surface area (Å²) in [5, 5.41) is 15.0. The Hall–Kier alpha value is -1.41. The molecule has 1 N–H and O–H groups in total. The third-order valence-electron chi connectivity index (χ3n) is 3.11. The van der Waals surface area contributed by atoms with Crippen molar-refractivity contribution in [3.05, 3.63) is 28.2 Å². The van der Waals surface area contributed by atoms with Crippen LogP contribution in [0.2, 0.25) is 0 Å². The first-order valence-corrected chi connectivity index (χ1v) is 8.88. The number of thioether (sulfide) groups is 1. The molecule has 0 aliphatic carbocycles. The van der Waals surface area contributed by atoms with E-state index in [1.165, 1.54) is 11.8 Å². The number of aryl methyl sites for hydroxylation is 1. The lowest BCUT2D eigenvalue weighted by Crippen LogP contribution is -2.27. The highest BCUT2D eigenvalue weighted by molar-refractivity contribution is 9.10. The first-order chi connectivity index (χ1) is 10.7. The van der Waals surface area contributed by atoms with Gasteiger partial charge in [0.2, 0.25) is 11.1 Å². The van der Waals surface area contributed by atoms with Gasteiger partial charge in [0.15, 0.2) is 0 Å². The number of carbonyl (C=O) groups is 1. The molecule has 0 spiro atoms. The van der Waals surface area contributed by atoms with Gasteiger partial charge in [0.25, 0.3) is 0 Å². The standard InChI is InChI=1S/C15H20BrN5OS/c1-9-6-7-12(11(16)8-9)17-13(22)10(2)23-14-18-19-20-21(14)15(3,4)5/h6-8,10H,1-5H3,(H,17,22). The molecule has 6 nitrogen and oxygen atoms in total. The molecule has 0 aliphatic heterocycles. The molecular formula is C15H20BrN5OS. The van der Waals surface area contributed by atoms with Crippen LogP contribution in [0.1, 0.15) is 33.3 Å². The minimum Gasteiger partial charge on any atom is -0.324 e. The second-order valence-corrected chi connectivity index (χ2v) is 8.44. The molecule has 2 rings (SSSR count). The maximum atomic E-state index is 12.4. The van der Waals surface area contributed by atoms with E-state index < -0.39 is 0 Å². The van der Waals surface area contributed by atoms with Crippen LogP contribution >= 0.6 is 27.7 Å². The summed E-state index contributed by atoms with van der Waals surface area (Å²) in [5.74, 6) is -0.0944. The molecule has 0 saturated heterocycles. The Kier molecular flexibility index (Phi) is 5.46. The van der Waals surface area contributed by atoms with E-state index in [4.69, 9.17) is 0 Å². The number of nitrogens with zero attached hydrogens (tertiary/aromatic N) is 4. The summed E-state index contributed by atoms with van der Waals surface area (Å²) in [6.07, 6.45) is 0. The van der Waals surface area contributed by atoms with Crippen LogP contribution in [0.3, 0.4) is 0 Å². The van der Waals surface area contributed by atoms with E-state index in [1.54, 1.807) is 4.68 Å². The summed E-state index contributed by atoms with van der Waals surface area (Å²) < 4.78 is 2.59. The zero-order valence-electron chi connectivity index (χ0n) is 13.8. The van der Waals surface area contributed by atoms with E-state index in [1.807, 2.05) is 52.8 Å². The van der Waals surface area contributed by atoms with Crippen LogP contribution in [-0.2, 0) is 10.3 Å². The van der Waals surface area contributed by atoms with Gasteiger partial charge in [-0.15, -0.1) is 5.10 Å². The van der Waals surface area contributed by atoms with Crippen LogP contribution in [0.4, 0.5) is 5.69 Å². The average Bonchev–Trinajstić information content (AvgIpc) is 2.90. The molecule has 1 amide bonds. The van der Waals surface area contributed by atoms with Gasteiger partial charge in [0.1, 0.15) is 0 Å². The number of carbonyl (C=O) groups excluding carboxylic acids is 1. The van der Waals surface area contributed by atoms with Crippen LogP contribution in [0.5, 0.6) is 0 Å². The summed E-state index contributed by atoms with van der Waals surface area (Å²) in [6.45, 7) is 9.88. The lowest BCUT2D eigenvalue weighted by molar-refractivity contribution is -0.115. The molecular weight excluding hydrogens is 378 g/mol. The van der Waals surface area contributed by atoms with Crippen molar-refractivity contribution in [3.8, 4) is 0 Å². The van der Waals surface area contributed by atoms with Crippen molar-refractivity contribution in [2.45, 2.75) is 50.6 Å². The van der Waals surface area contributed by atoms with E-state index in [9.17, 15) is 4.79 Å². The fraction of sp³-hybridized carbons (Fsp3) is 0.467. The fourth-order valence-electron chi connectivity index (χ4n) is 1.84. The SMILES string of the molecule is Cc1ccc(NC(=O)C(C)Sc2nnnn2C(C)(C)C)c(Br)c1. The lowest BCUT2D eigenvalue weighted by atomic mass is 10.1. The van der Waals surface area contributed by atoms with E-state index in [2.05, 4.69) is 36.8 Å². The Bertz CT molecular complexity index is 710. The van der Waals surface area contributed by atoms with Gasteiger partial charge in [-0.1, -0.05) is 17.8 Å². The quantitative estimate of drug-likeness (QED) is 0.797. The number of amides is 1. The van der Waals surface area contributed by atoms with E-state index in [0.29, 0.717) is 5.16 Å². The molecule has 1 aromatic heterocycles. The molecule has 1 aromatic carbocycles. The van der Waals surface area contributed by atoms with Gasteiger partial charge >= 0.3 is 0 Å². The van der Waals surface area contributed by atoms with E-state index >= 15 is 0 Å². The van der Waals surface area contributed by atoms with Crippen molar-refractivity contribution in [3.63, 3.8) is 0 Å². The number of hydrogen-bond acceptors (Lipinski definition) is 5. The first kappa shape index (κ1) is 17.9. The van der Waals surface area contributed by atoms with Gasteiger partial charge in [-0.3, -0.25) is 4.79 Å². The Morgan fingerprint density at radius 1 is 1.39 bits per heavy atom. The zero-order chi connectivity index (χ0) is 17.2. The van der Waals surface area contributed by atoms with Crippen molar-refractivity contribution < 1.29 is 4.79 Å². The topological polar surface area (TPSA) is 72.7 Å². The third kappa shape index (κ3) is 4.54. The molecule has 8 heteroatoms. The van der Waals surface area contributed by atoms with Crippen LogP contribution in [0.25, 0.3) is 0 Å². The summed E-state index contributed by atoms with van der Waals surface area (Å²) in [4.78, 5) is 12.4.